The predicted octanol–water partition coefficient (Wildman–Crippen LogP) is 0.913. The number of aromatic nitrogens is 2. The summed E-state index contributed by atoms with van der Waals surface area (Å²) in [7, 11) is 1.82. The second kappa shape index (κ2) is 5.92. The normalized spacial score (nSPS) is 26.5. The van der Waals surface area contributed by atoms with E-state index in [0.29, 0.717) is 5.69 Å². The highest BCUT2D eigenvalue weighted by atomic mass is 35.5. The lowest BCUT2D eigenvalue weighted by Gasteiger charge is -2.20. The van der Waals surface area contributed by atoms with Crippen LogP contribution in [0, 0.1) is 11.8 Å². The molecule has 6 heteroatoms. The molecule has 0 radical (unpaired) electrons. The largest absolute Gasteiger partial charge is 0.337 e. The van der Waals surface area contributed by atoms with E-state index in [1.165, 1.54) is 0 Å². The minimum atomic E-state index is 0. The highest BCUT2D eigenvalue weighted by molar-refractivity contribution is 5.92. The van der Waals surface area contributed by atoms with E-state index in [4.69, 9.17) is 0 Å². The third kappa shape index (κ3) is 2.77. The van der Waals surface area contributed by atoms with Crippen molar-refractivity contribution in [3.05, 3.63) is 18.0 Å². The lowest BCUT2D eigenvalue weighted by molar-refractivity contribution is 0.0747. The van der Waals surface area contributed by atoms with Crippen molar-refractivity contribution in [3.63, 3.8) is 0 Å². The predicted molar refractivity (Wildman–Crippen MR) is 75.4 cm³/mol. The molecule has 19 heavy (non-hydrogen) atoms. The van der Waals surface area contributed by atoms with Gasteiger partial charge in [0.15, 0.2) is 0 Å². The standard InChI is InChI=1S/C13H20N4O.ClH/c1-16-12(2-5-15-16)13(18)17-6-3-10-8-14-9-11(10)4-7-17;/h2,5,10-11,14H,3-4,6-9H2,1H3;1H/t10-,11+;. The molecule has 0 aliphatic carbocycles. The van der Waals surface area contributed by atoms with Gasteiger partial charge >= 0.3 is 0 Å². The minimum absolute atomic E-state index is 0. The molecule has 0 spiro atoms. The van der Waals surface area contributed by atoms with Gasteiger partial charge in [-0.3, -0.25) is 9.48 Å². The number of carbonyl (C=O) groups excluding carboxylic acids is 1. The van der Waals surface area contributed by atoms with Gasteiger partial charge in [-0.15, -0.1) is 12.4 Å². The number of carbonyl (C=O) groups is 1. The summed E-state index contributed by atoms with van der Waals surface area (Å²) in [4.78, 5) is 14.4. The average molecular weight is 285 g/mol. The Kier molecular flexibility index (Phi) is 4.47. The van der Waals surface area contributed by atoms with Crippen LogP contribution in [-0.4, -0.2) is 46.8 Å². The minimum Gasteiger partial charge on any atom is -0.337 e. The molecule has 1 amide bonds. The van der Waals surface area contributed by atoms with Crippen molar-refractivity contribution < 1.29 is 4.79 Å². The van der Waals surface area contributed by atoms with Crippen LogP contribution >= 0.6 is 12.4 Å². The van der Waals surface area contributed by atoms with Gasteiger partial charge in [0, 0.05) is 26.3 Å². The first-order valence-electron chi connectivity index (χ1n) is 6.73. The number of hydrogen-bond donors (Lipinski definition) is 1. The average Bonchev–Trinajstić information content (AvgIpc) is 2.94. The van der Waals surface area contributed by atoms with Crippen LogP contribution in [0.15, 0.2) is 12.3 Å². The number of amides is 1. The molecule has 0 saturated carbocycles. The SMILES string of the molecule is Cl.Cn1nccc1C(=O)N1CC[C@@H]2CNC[C@@H]2CC1. The van der Waals surface area contributed by atoms with Gasteiger partial charge in [0.1, 0.15) is 5.69 Å². The summed E-state index contributed by atoms with van der Waals surface area (Å²) < 4.78 is 1.66. The Hall–Kier alpha value is -1.07. The van der Waals surface area contributed by atoms with E-state index < -0.39 is 0 Å². The monoisotopic (exact) mass is 284 g/mol. The van der Waals surface area contributed by atoms with Crippen LogP contribution in [0.1, 0.15) is 23.3 Å². The van der Waals surface area contributed by atoms with Gasteiger partial charge in [0.2, 0.25) is 0 Å². The zero-order chi connectivity index (χ0) is 12.5. The lowest BCUT2D eigenvalue weighted by Crippen LogP contribution is -2.34. The summed E-state index contributed by atoms with van der Waals surface area (Å²) in [6.45, 7) is 4.01. The van der Waals surface area contributed by atoms with Crippen molar-refractivity contribution in [2.24, 2.45) is 18.9 Å². The summed E-state index contributed by atoms with van der Waals surface area (Å²) in [5, 5.41) is 7.53. The topological polar surface area (TPSA) is 50.2 Å². The quantitative estimate of drug-likeness (QED) is 0.834. The number of nitrogens with zero attached hydrogens (tertiary/aromatic N) is 3. The van der Waals surface area contributed by atoms with Crippen molar-refractivity contribution in [1.29, 1.82) is 0 Å². The van der Waals surface area contributed by atoms with E-state index in [-0.39, 0.29) is 18.3 Å². The third-order valence-electron chi connectivity index (χ3n) is 4.35. The van der Waals surface area contributed by atoms with Crippen molar-refractivity contribution in [1.82, 2.24) is 20.0 Å². The zero-order valence-corrected chi connectivity index (χ0v) is 12.0. The number of aryl methyl sites for hydroxylation is 1. The summed E-state index contributed by atoms with van der Waals surface area (Å²) in [5.74, 6) is 1.65. The molecule has 3 rings (SSSR count). The van der Waals surface area contributed by atoms with Crippen LogP contribution in [0.2, 0.25) is 0 Å². The second-order valence-electron chi connectivity index (χ2n) is 5.39. The Morgan fingerprint density at radius 3 is 2.47 bits per heavy atom. The summed E-state index contributed by atoms with van der Waals surface area (Å²) >= 11 is 0. The van der Waals surface area contributed by atoms with Crippen LogP contribution in [0.3, 0.4) is 0 Å². The van der Waals surface area contributed by atoms with Gasteiger partial charge in [-0.05, 0) is 43.8 Å². The van der Waals surface area contributed by atoms with Crippen molar-refractivity contribution in [2.75, 3.05) is 26.2 Å². The van der Waals surface area contributed by atoms with Gasteiger partial charge in [0.25, 0.3) is 5.91 Å². The van der Waals surface area contributed by atoms with Crippen LogP contribution < -0.4 is 5.32 Å². The van der Waals surface area contributed by atoms with E-state index in [1.54, 1.807) is 16.9 Å². The van der Waals surface area contributed by atoms with Crippen LogP contribution in [0.25, 0.3) is 0 Å². The molecule has 1 N–H and O–H groups in total. The van der Waals surface area contributed by atoms with E-state index in [9.17, 15) is 4.79 Å². The van der Waals surface area contributed by atoms with Crippen molar-refractivity contribution in [3.8, 4) is 0 Å². The summed E-state index contributed by atoms with van der Waals surface area (Å²) in [6, 6.07) is 1.80. The molecule has 1 aromatic heterocycles. The zero-order valence-electron chi connectivity index (χ0n) is 11.2. The molecule has 1 aromatic rings. The highest BCUT2D eigenvalue weighted by Crippen LogP contribution is 2.27. The number of nitrogens with one attached hydrogen (secondary N) is 1. The number of rotatable bonds is 1. The highest BCUT2D eigenvalue weighted by Gasteiger charge is 2.32. The molecule has 5 nitrogen and oxygen atoms in total. The molecule has 2 aliphatic heterocycles. The van der Waals surface area contributed by atoms with Crippen molar-refractivity contribution in [2.45, 2.75) is 12.8 Å². The Morgan fingerprint density at radius 1 is 1.32 bits per heavy atom. The maximum absolute atomic E-state index is 12.4. The fourth-order valence-electron chi connectivity index (χ4n) is 3.17. The maximum atomic E-state index is 12.4. The van der Waals surface area contributed by atoms with Gasteiger partial charge < -0.3 is 10.2 Å². The molecule has 2 aliphatic rings. The molecular formula is C13H21ClN4O. The van der Waals surface area contributed by atoms with Crippen molar-refractivity contribution >= 4 is 18.3 Å². The molecule has 2 atom stereocenters. The van der Waals surface area contributed by atoms with Crippen LogP contribution in [0.5, 0.6) is 0 Å². The summed E-state index contributed by atoms with van der Waals surface area (Å²) in [5.41, 5.74) is 0.695. The Bertz CT molecular complexity index is 434. The van der Waals surface area contributed by atoms with Gasteiger partial charge in [-0.25, -0.2) is 0 Å². The molecule has 2 saturated heterocycles. The Morgan fingerprint density at radius 2 is 1.95 bits per heavy atom. The van der Waals surface area contributed by atoms with E-state index >= 15 is 0 Å². The number of halogens is 1. The van der Waals surface area contributed by atoms with Gasteiger partial charge in [0.05, 0.1) is 0 Å². The smallest absolute Gasteiger partial charge is 0.272 e. The summed E-state index contributed by atoms with van der Waals surface area (Å²) in [6.07, 6.45) is 3.94. The lowest BCUT2D eigenvalue weighted by atomic mass is 9.92. The Balaban J connectivity index is 0.00000133. The third-order valence-corrected chi connectivity index (χ3v) is 4.35. The maximum Gasteiger partial charge on any atom is 0.272 e. The fourth-order valence-corrected chi connectivity index (χ4v) is 3.17. The van der Waals surface area contributed by atoms with Crippen LogP contribution in [0.4, 0.5) is 0 Å². The first-order chi connectivity index (χ1) is 8.75. The molecule has 0 bridgehead atoms. The number of likely N-dealkylation sites (tertiary alicyclic amines) is 1. The fraction of sp³-hybridized carbons (Fsp3) is 0.692. The number of fused-ring (bicyclic) bond motifs is 1. The molecule has 2 fully saturated rings. The second-order valence-corrected chi connectivity index (χ2v) is 5.39. The molecular weight excluding hydrogens is 264 g/mol. The van der Waals surface area contributed by atoms with E-state index in [1.807, 2.05) is 11.9 Å². The Labute approximate surface area is 119 Å². The molecule has 0 unspecified atom stereocenters. The van der Waals surface area contributed by atoms with Gasteiger partial charge in [-0.2, -0.15) is 5.10 Å². The first-order valence-corrected chi connectivity index (χ1v) is 6.73. The number of hydrogen-bond acceptors (Lipinski definition) is 3. The molecule has 3 heterocycles. The van der Waals surface area contributed by atoms with E-state index in [2.05, 4.69) is 10.4 Å². The molecule has 0 aromatic carbocycles. The van der Waals surface area contributed by atoms with E-state index in [0.717, 1.165) is 50.9 Å². The van der Waals surface area contributed by atoms with Crippen LogP contribution in [-0.2, 0) is 7.05 Å². The van der Waals surface area contributed by atoms with Gasteiger partial charge in [-0.1, -0.05) is 0 Å². The first kappa shape index (κ1) is 14.3. The molecule has 106 valence electrons.